The highest BCUT2D eigenvalue weighted by Gasteiger charge is 2.17. The first-order valence-corrected chi connectivity index (χ1v) is 8.15. The van der Waals surface area contributed by atoms with Gasteiger partial charge in [-0.1, -0.05) is 23.2 Å². The summed E-state index contributed by atoms with van der Waals surface area (Å²) < 4.78 is 5.07. The van der Waals surface area contributed by atoms with Crippen LogP contribution in [0.1, 0.15) is 6.42 Å². The van der Waals surface area contributed by atoms with Gasteiger partial charge in [0.15, 0.2) is 5.75 Å². The largest absolute Gasteiger partial charge is 0.494 e. The van der Waals surface area contributed by atoms with Crippen molar-refractivity contribution >= 4 is 59.0 Å². The number of carbonyl (C=O) groups excluding carboxylic acids is 1. The number of halogens is 3. The molecule has 0 saturated carbocycles. The second kappa shape index (κ2) is 8.96. The number of anilines is 1. The SMILES string of the molecule is COc1c(Cl)cc(NC(=O)CC2CSCCN2)cc1Cl.Cl. The molecule has 1 atom stereocenters. The van der Waals surface area contributed by atoms with Gasteiger partial charge in [-0.25, -0.2) is 0 Å². The Kier molecular flexibility index (Phi) is 7.98. The Morgan fingerprint density at radius 3 is 2.67 bits per heavy atom. The number of methoxy groups -OCH3 is 1. The van der Waals surface area contributed by atoms with Crippen LogP contribution in [0.2, 0.25) is 10.0 Å². The predicted octanol–water partition coefficient (Wildman–Crippen LogP) is 3.46. The molecular formula is C13H17Cl3N2O2S. The minimum Gasteiger partial charge on any atom is -0.494 e. The number of ether oxygens (including phenoxy) is 1. The van der Waals surface area contributed by atoms with Crippen molar-refractivity contribution in [3.63, 3.8) is 0 Å². The van der Waals surface area contributed by atoms with Gasteiger partial charge in [-0.05, 0) is 12.1 Å². The molecule has 1 aromatic rings. The Morgan fingerprint density at radius 1 is 1.48 bits per heavy atom. The zero-order valence-electron chi connectivity index (χ0n) is 11.4. The van der Waals surface area contributed by atoms with Crippen LogP contribution in [0.4, 0.5) is 5.69 Å². The van der Waals surface area contributed by atoms with Crippen molar-refractivity contribution in [1.82, 2.24) is 5.32 Å². The van der Waals surface area contributed by atoms with E-state index in [0.29, 0.717) is 27.9 Å². The van der Waals surface area contributed by atoms with Gasteiger partial charge in [-0.3, -0.25) is 4.79 Å². The first kappa shape index (κ1) is 18.7. The lowest BCUT2D eigenvalue weighted by Gasteiger charge is -2.22. The molecule has 21 heavy (non-hydrogen) atoms. The normalized spacial score (nSPS) is 17.8. The molecule has 1 saturated heterocycles. The van der Waals surface area contributed by atoms with Crippen LogP contribution in [-0.2, 0) is 4.79 Å². The Hall–Kier alpha value is -0.330. The van der Waals surface area contributed by atoms with Crippen LogP contribution in [0.25, 0.3) is 0 Å². The molecule has 0 bridgehead atoms. The highest BCUT2D eigenvalue weighted by Crippen LogP contribution is 2.35. The molecular weight excluding hydrogens is 355 g/mol. The first-order valence-electron chi connectivity index (χ1n) is 6.24. The van der Waals surface area contributed by atoms with E-state index < -0.39 is 0 Å². The third-order valence-electron chi connectivity index (χ3n) is 2.92. The highest BCUT2D eigenvalue weighted by molar-refractivity contribution is 7.99. The number of thioether (sulfide) groups is 1. The Bertz CT molecular complexity index is 473. The van der Waals surface area contributed by atoms with Crippen LogP contribution in [0.15, 0.2) is 12.1 Å². The monoisotopic (exact) mass is 370 g/mol. The quantitative estimate of drug-likeness (QED) is 0.851. The zero-order chi connectivity index (χ0) is 14.5. The second-order valence-corrected chi connectivity index (χ2v) is 6.42. The molecule has 0 spiro atoms. The fourth-order valence-corrected chi connectivity index (χ4v) is 3.60. The molecule has 118 valence electrons. The minimum absolute atomic E-state index is 0. The number of amides is 1. The van der Waals surface area contributed by atoms with Crippen LogP contribution in [0.3, 0.4) is 0 Å². The molecule has 1 unspecified atom stereocenters. The van der Waals surface area contributed by atoms with Gasteiger partial charge in [0.05, 0.1) is 17.2 Å². The number of hydrogen-bond acceptors (Lipinski definition) is 4. The predicted molar refractivity (Wildman–Crippen MR) is 92.6 cm³/mol. The summed E-state index contributed by atoms with van der Waals surface area (Å²) in [6, 6.07) is 3.48. The lowest BCUT2D eigenvalue weighted by Crippen LogP contribution is -2.39. The van der Waals surface area contributed by atoms with Crippen molar-refractivity contribution in [3.05, 3.63) is 22.2 Å². The topological polar surface area (TPSA) is 50.4 Å². The molecule has 0 radical (unpaired) electrons. The van der Waals surface area contributed by atoms with Crippen LogP contribution in [0.5, 0.6) is 5.75 Å². The summed E-state index contributed by atoms with van der Waals surface area (Å²) >= 11 is 13.9. The number of rotatable bonds is 4. The third-order valence-corrected chi connectivity index (χ3v) is 4.61. The van der Waals surface area contributed by atoms with Gasteiger partial charge in [0, 0.05) is 36.2 Å². The van der Waals surface area contributed by atoms with E-state index in [1.54, 1.807) is 12.1 Å². The summed E-state index contributed by atoms with van der Waals surface area (Å²) in [5, 5.41) is 6.89. The number of hydrogen-bond donors (Lipinski definition) is 2. The minimum atomic E-state index is -0.0534. The van der Waals surface area contributed by atoms with Crippen LogP contribution < -0.4 is 15.4 Å². The molecule has 1 aromatic carbocycles. The van der Waals surface area contributed by atoms with E-state index in [4.69, 9.17) is 27.9 Å². The summed E-state index contributed by atoms with van der Waals surface area (Å²) in [6.07, 6.45) is 0.439. The van der Waals surface area contributed by atoms with E-state index in [9.17, 15) is 4.79 Å². The maximum Gasteiger partial charge on any atom is 0.225 e. The molecule has 2 rings (SSSR count). The molecule has 8 heteroatoms. The Labute approximate surface area is 144 Å². The average molecular weight is 372 g/mol. The van der Waals surface area contributed by atoms with Crippen molar-refractivity contribution in [1.29, 1.82) is 0 Å². The average Bonchev–Trinajstić information content (AvgIpc) is 2.39. The van der Waals surface area contributed by atoms with Gasteiger partial charge >= 0.3 is 0 Å². The first-order chi connectivity index (χ1) is 9.60. The molecule has 1 heterocycles. The Morgan fingerprint density at radius 2 is 2.14 bits per heavy atom. The molecule has 1 aliphatic rings. The maximum atomic E-state index is 12.0. The number of nitrogens with one attached hydrogen (secondary N) is 2. The molecule has 4 nitrogen and oxygen atoms in total. The fourth-order valence-electron chi connectivity index (χ4n) is 2.01. The van der Waals surface area contributed by atoms with Crippen molar-refractivity contribution in [2.45, 2.75) is 12.5 Å². The highest BCUT2D eigenvalue weighted by atomic mass is 35.5. The number of carbonyl (C=O) groups is 1. The van der Waals surface area contributed by atoms with Crippen LogP contribution in [0, 0.1) is 0 Å². The summed E-state index contributed by atoms with van der Waals surface area (Å²) in [6.45, 7) is 0.947. The van der Waals surface area contributed by atoms with E-state index in [-0.39, 0.29) is 24.4 Å². The van der Waals surface area contributed by atoms with Gasteiger partial charge in [-0.2, -0.15) is 11.8 Å². The molecule has 0 aromatic heterocycles. The lowest BCUT2D eigenvalue weighted by molar-refractivity contribution is -0.116. The summed E-state index contributed by atoms with van der Waals surface area (Å²) in [4.78, 5) is 12.0. The van der Waals surface area contributed by atoms with Crippen molar-refractivity contribution in [2.24, 2.45) is 0 Å². The standard InChI is InChI=1S/C13H16Cl2N2O2S.ClH/c1-19-13-10(14)4-8(5-11(13)15)17-12(18)6-9-7-20-3-2-16-9;/h4-5,9,16H,2-3,6-7H2,1H3,(H,17,18);1H. The van der Waals surface area contributed by atoms with E-state index in [1.165, 1.54) is 7.11 Å². The van der Waals surface area contributed by atoms with Crippen molar-refractivity contribution in [2.75, 3.05) is 30.5 Å². The van der Waals surface area contributed by atoms with Crippen molar-refractivity contribution in [3.8, 4) is 5.75 Å². The van der Waals surface area contributed by atoms with Gasteiger partial charge in [0.1, 0.15) is 0 Å². The van der Waals surface area contributed by atoms with E-state index in [0.717, 1.165) is 18.1 Å². The molecule has 1 amide bonds. The molecule has 1 aliphatic heterocycles. The van der Waals surface area contributed by atoms with Crippen LogP contribution in [-0.4, -0.2) is 37.1 Å². The van der Waals surface area contributed by atoms with Crippen LogP contribution >= 0.6 is 47.4 Å². The maximum absolute atomic E-state index is 12.0. The van der Waals surface area contributed by atoms with Gasteiger partial charge in [-0.15, -0.1) is 12.4 Å². The third kappa shape index (κ3) is 5.42. The van der Waals surface area contributed by atoms with Crippen molar-refractivity contribution < 1.29 is 9.53 Å². The van der Waals surface area contributed by atoms with E-state index in [2.05, 4.69) is 10.6 Å². The zero-order valence-corrected chi connectivity index (χ0v) is 14.6. The van der Waals surface area contributed by atoms with E-state index in [1.807, 2.05) is 11.8 Å². The lowest BCUT2D eigenvalue weighted by atomic mass is 10.2. The molecule has 2 N–H and O–H groups in total. The molecule has 0 aliphatic carbocycles. The van der Waals surface area contributed by atoms with Gasteiger partial charge in [0.2, 0.25) is 5.91 Å². The smallest absolute Gasteiger partial charge is 0.225 e. The van der Waals surface area contributed by atoms with E-state index >= 15 is 0 Å². The molecule has 1 fully saturated rings. The fraction of sp³-hybridized carbons (Fsp3) is 0.462. The van der Waals surface area contributed by atoms with Gasteiger partial charge < -0.3 is 15.4 Å². The second-order valence-electron chi connectivity index (χ2n) is 4.45. The van der Waals surface area contributed by atoms with Gasteiger partial charge in [0.25, 0.3) is 0 Å². The Balaban J connectivity index is 0.00000220. The number of benzene rings is 1. The summed E-state index contributed by atoms with van der Waals surface area (Å²) in [5.41, 5.74) is 0.578. The summed E-state index contributed by atoms with van der Waals surface area (Å²) in [5.74, 6) is 2.42. The summed E-state index contributed by atoms with van der Waals surface area (Å²) in [7, 11) is 1.50.